The molecule has 1 aliphatic rings. The first-order valence-electron chi connectivity index (χ1n) is 6.86. The molecule has 1 saturated carbocycles. The molecule has 0 radical (unpaired) electrons. The number of carbonyl (C=O) groups excluding carboxylic acids is 1. The van der Waals surface area contributed by atoms with Crippen molar-refractivity contribution in [1.29, 1.82) is 0 Å². The molecule has 2 rings (SSSR count). The molecule has 1 amide bonds. The van der Waals surface area contributed by atoms with E-state index in [0.717, 1.165) is 31.6 Å². The second-order valence-corrected chi connectivity index (χ2v) is 5.13. The molecule has 0 aromatic heterocycles. The van der Waals surface area contributed by atoms with E-state index in [-0.39, 0.29) is 17.9 Å². The first-order valence-corrected chi connectivity index (χ1v) is 6.86. The smallest absolute Gasteiger partial charge is 0.222 e. The van der Waals surface area contributed by atoms with Gasteiger partial charge in [-0.15, -0.1) is 0 Å². The fourth-order valence-corrected chi connectivity index (χ4v) is 2.71. The molecule has 4 heteroatoms. The Morgan fingerprint density at radius 2 is 2.00 bits per heavy atom. The Hall–Kier alpha value is -1.55. The van der Waals surface area contributed by atoms with Crippen LogP contribution in [0.2, 0.25) is 0 Å². The van der Waals surface area contributed by atoms with Gasteiger partial charge in [0.1, 0.15) is 5.75 Å². The molecule has 3 N–H and O–H groups in total. The molecular weight excluding hydrogens is 240 g/mol. The van der Waals surface area contributed by atoms with Crippen LogP contribution in [0.3, 0.4) is 0 Å². The third-order valence-corrected chi connectivity index (χ3v) is 3.86. The third-order valence-electron chi connectivity index (χ3n) is 3.86. The number of nitrogens with two attached hydrogens (primary N) is 1. The number of carbonyl (C=O) groups is 1. The average molecular weight is 262 g/mol. The molecule has 104 valence electrons. The van der Waals surface area contributed by atoms with E-state index in [1.807, 2.05) is 24.3 Å². The van der Waals surface area contributed by atoms with Crippen LogP contribution in [0.15, 0.2) is 24.3 Å². The Labute approximate surface area is 114 Å². The molecule has 19 heavy (non-hydrogen) atoms. The summed E-state index contributed by atoms with van der Waals surface area (Å²) in [7, 11) is 1.66. The highest BCUT2D eigenvalue weighted by Gasteiger charge is 2.28. The molecule has 0 saturated heterocycles. The zero-order valence-electron chi connectivity index (χ0n) is 11.4. The van der Waals surface area contributed by atoms with Crippen LogP contribution in [0.1, 0.15) is 31.2 Å². The van der Waals surface area contributed by atoms with Gasteiger partial charge in [0.15, 0.2) is 0 Å². The van der Waals surface area contributed by atoms with Crippen LogP contribution in [-0.2, 0) is 11.3 Å². The van der Waals surface area contributed by atoms with Crippen LogP contribution in [0.4, 0.5) is 0 Å². The van der Waals surface area contributed by atoms with Gasteiger partial charge in [0, 0.05) is 12.6 Å². The number of amides is 1. The second-order valence-electron chi connectivity index (χ2n) is 5.13. The van der Waals surface area contributed by atoms with Gasteiger partial charge in [0.25, 0.3) is 0 Å². The lowest BCUT2D eigenvalue weighted by molar-refractivity contribution is -0.123. The molecule has 4 nitrogen and oxygen atoms in total. The van der Waals surface area contributed by atoms with Crippen molar-refractivity contribution in [3.05, 3.63) is 29.8 Å². The van der Waals surface area contributed by atoms with Crippen molar-refractivity contribution >= 4 is 5.91 Å². The summed E-state index contributed by atoms with van der Waals surface area (Å²) in [5, 5.41) is 3.47. The van der Waals surface area contributed by atoms with Gasteiger partial charge in [-0.05, 0) is 30.5 Å². The first kappa shape index (κ1) is 13.9. The molecule has 0 unspecified atom stereocenters. The summed E-state index contributed by atoms with van der Waals surface area (Å²) in [6.07, 6.45) is 4.22. The van der Waals surface area contributed by atoms with Crippen LogP contribution in [0, 0.1) is 5.92 Å². The minimum absolute atomic E-state index is 0.0213. The summed E-state index contributed by atoms with van der Waals surface area (Å²) in [6, 6.07) is 8.18. The molecule has 1 aromatic rings. The Morgan fingerprint density at radius 1 is 1.32 bits per heavy atom. The lowest BCUT2D eigenvalue weighted by Gasteiger charge is -2.30. The highest BCUT2D eigenvalue weighted by molar-refractivity contribution is 5.77. The molecular formula is C15H22N2O2. The molecule has 1 fully saturated rings. The van der Waals surface area contributed by atoms with Crippen LogP contribution in [0.5, 0.6) is 5.75 Å². The lowest BCUT2D eigenvalue weighted by atomic mass is 9.84. The minimum atomic E-state index is -0.174. The maximum atomic E-state index is 11.4. The second kappa shape index (κ2) is 6.57. The van der Waals surface area contributed by atoms with Gasteiger partial charge in [-0.25, -0.2) is 0 Å². The van der Waals surface area contributed by atoms with Crippen molar-refractivity contribution in [3.63, 3.8) is 0 Å². The largest absolute Gasteiger partial charge is 0.497 e. The number of nitrogens with one attached hydrogen (secondary N) is 1. The van der Waals surface area contributed by atoms with Crippen molar-refractivity contribution < 1.29 is 9.53 Å². The van der Waals surface area contributed by atoms with Crippen LogP contribution in [0.25, 0.3) is 0 Å². The van der Waals surface area contributed by atoms with Crippen molar-refractivity contribution in [3.8, 4) is 5.75 Å². The number of primary amides is 1. The average Bonchev–Trinajstić information content (AvgIpc) is 2.46. The summed E-state index contributed by atoms with van der Waals surface area (Å²) in [4.78, 5) is 11.4. The van der Waals surface area contributed by atoms with Crippen molar-refractivity contribution in [1.82, 2.24) is 5.32 Å². The summed E-state index contributed by atoms with van der Waals surface area (Å²) in [5.41, 5.74) is 6.66. The van der Waals surface area contributed by atoms with Crippen molar-refractivity contribution in [2.75, 3.05) is 7.11 Å². The number of ether oxygens (including phenoxy) is 1. The summed E-state index contributed by atoms with van der Waals surface area (Å²) in [6.45, 7) is 0.762. The zero-order valence-corrected chi connectivity index (χ0v) is 11.4. The van der Waals surface area contributed by atoms with Crippen molar-refractivity contribution in [2.24, 2.45) is 11.7 Å². The molecule has 2 atom stereocenters. The predicted octanol–water partition coefficient (Wildman–Crippen LogP) is 1.83. The zero-order chi connectivity index (χ0) is 13.7. The molecule has 0 aliphatic heterocycles. The monoisotopic (exact) mass is 262 g/mol. The molecule has 1 aromatic carbocycles. The number of methoxy groups -OCH3 is 1. The van der Waals surface area contributed by atoms with Gasteiger partial charge in [0.05, 0.1) is 13.0 Å². The van der Waals surface area contributed by atoms with Crippen LogP contribution >= 0.6 is 0 Å². The van der Waals surface area contributed by atoms with Gasteiger partial charge < -0.3 is 15.8 Å². The number of hydrogen-bond donors (Lipinski definition) is 2. The highest BCUT2D eigenvalue weighted by atomic mass is 16.5. The quantitative estimate of drug-likeness (QED) is 0.851. The van der Waals surface area contributed by atoms with E-state index in [0.29, 0.717) is 0 Å². The van der Waals surface area contributed by atoms with Gasteiger partial charge in [0.2, 0.25) is 5.91 Å². The normalized spacial score (nSPS) is 23.0. The van der Waals surface area contributed by atoms with Gasteiger partial charge in [-0.2, -0.15) is 0 Å². The van der Waals surface area contributed by atoms with Crippen LogP contribution < -0.4 is 15.8 Å². The Balaban J connectivity index is 1.90. The standard InChI is InChI=1S/C15H22N2O2/c1-19-12-8-6-11(7-9-12)10-17-14-5-3-2-4-13(14)15(16)18/h6-9,13-14,17H,2-5,10H2,1H3,(H2,16,18)/t13-,14+/m1/s1. The molecule has 0 bridgehead atoms. The minimum Gasteiger partial charge on any atom is -0.497 e. The molecule has 1 aliphatic carbocycles. The topological polar surface area (TPSA) is 64.3 Å². The highest BCUT2D eigenvalue weighted by Crippen LogP contribution is 2.24. The molecule has 0 heterocycles. The van der Waals surface area contributed by atoms with Gasteiger partial charge in [-0.3, -0.25) is 4.79 Å². The van der Waals surface area contributed by atoms with E-state index in [1.54, 1.807) is 7.11 Å². The summed E-state index contributed by atoms with van der Waals surface area (Å²) >= 11 is 0. The Kier molecular flexibility index (Phi) is 4.80. The van der Waals surface area contributed by atoms with Gasteiger partial charge >= 0.3 is 0 Å². The fraction of sp³-hybridized carbons (Fsp3) is 0.533. The maximum Gasteiger partial charge on any atom is 0.222 e. The van der Waals surface area contributed by atoms with E-state index in [1.165, 1.54) is 12.0 Å². The molecule has 0 spiro atoms. The van der Waals surface area contributed by atoms with Gasteiger partial charge in [-0.1, -0.05) is 25.0 Å². The van der Waals surface area contributed by atoms with E-state index >= 15 is 0 Å². The van der Waals surface area contributed by atoms with E-state index < -0.39 is 0 Å². The summed E-state index contributed by atoms with van der Waals surface area (Å²) in [5.74, 6) is 0.662. The third kappa shape index (κ3) is 3.70. The van der Waals surface area contributed by atoms with E-state index in [4.69, 9.17) is 10.5 Å². The van der Waals surface area contributed by atoms with Crippen LogP contribution in [-0.4, -0.2) is 19.1 Å². The maximum absolute atomic E-state index is 11.4. The predicted molar refractivity (Wildman–Crippen MR) is 74.8 cm³/mol. The fourth-order valence-electron chi connectivity index (χ4n) is 2.71. The van der Waals surface area contributed by atoms with E-state index in [2.05, 4.69) is 5.32 Å². The first-order chi connectivity index (χ1) is 9.20. The number of rotatable bonds is 5. The number of benzene rings is 1. The van der Waals surface area contributed by atoms with Crippen molar-refractivity contribution in [2.45, 2.75) is 38.3 Å². The Bertz CT molecular complexity index is 417. The SMILES string of the molecule is COc1ccc(CN[C@H]2CCCC[C@H]2C(N)=O)cc1. The number of hydrogen-bond acceptors (Lipinski definition) is 3. The summed E-state index contributed by atoms with van der Waals surface area (Å²) < 4.78 is 5.13. The van der Waals surface area contributed by atoms with E-state index in [9.17, 15) is 4.79 Å². The lowest BCUT2D eigenvalue weighted by Crippen LogP contribution is -2.44. The Morgan fingerprint density at radius 3 is 2.63 bits per heavy atom.